The number of nitrogens with one attached hydrogen (secondary N) is 1. The monoisotopic (exact) mass is 366 g/mol. The fourth-order valence-electron chi connectivity index (χ4n) is 3.19. The summed E-state index contributed by atoms with van der Waals surface area (Å²) < 4.78 is 10.6. The molecule has 0 unspecified atom stereocenters. The number of rotatable bonds is 6. The molecule has 0 fully saturated rings. The summed E-state index contributed by atoms with van der Waals surface area (Å²) in [6.07, 6.45) is 0.724. The smallest absolute Gasteiger partial charge is 0.261 e. The zero-order valence-corrected chi connectivity index (χ0v) is 14.6. The van der Waals surface area contributed by atoms with Crippen LogP contribution in [0.2, 0.25) is 0 Å². The van der Waals surface area contributed by atoms with Gasteiger partial charge in [-0.2, -0.15) is 0 Å². The summed E-state index contributed by atoms with van der Waals surface area (Å²) in [5.41, 5.74) is 1.82. The van der Waals surface area contributed by atoms with Gasteiger partial charge in [-0.05, 0) is 36.2 Å². The minimum atomic E-state index is -0.344. The Balaban J connectivity index is 1.25. The highest BCUT2D eigenvalue weighted by molar-refractivity contribution is 6.21. The molecule has 3 amide bonds. The van der Waals surface area contributed by atoms with E-state index in [9.17, 15) is 14.4 Å². The van der Waals surface area contributed by atoms with Crippen LogP contribution in [-0.2, 0) is 11.2 Å². The van der Waals surface area contributed by atoms with Crippen LogP contribution in [0.15, 0.2) is 42.5 Å². The lowest BCUT2D eigenvalue weighted by molar-refractivity contribution is -0.121. The van der Waals surface area contributed by atoms with E-state index >= 15 is 0 Å². The average molecular weight is 366 g/mol. The van der Waals surface area contributed by atoms with Crippen molar-refractivity contribution in [3.63, 3.8) is 0 Å². The molecule has 0 saturated carbocycles. The molecule has 2 aromatic rings. The molecular weight excluding hydrogens is 348 g/mol. The number of ether oxygens (including phenoxy) is 2. The Morgan fingerprint density at radius 3 is 2.44 bits per heavy atom. The Bertz CT molecular complexity index is 889. The lowest BCUT2D eigenvalue weighted by Gasteiger charge is -2.13. The summed E-state index contributed by atoms with van der Waals surface area (Å²) in [6, 6.07) is 12.4. The van der Waals surface area contributed by atoms with Crippen LogP contribution in [-0.4, -0.2) is 42.5 Å². The maximum absolute atomic E-state index is 12.3. The van der Waals surface area contributed by atoms with Crippen molar-refractivity contribution >= 4 is 17.7 Å². The van der Waals surface area contributed by atoms with Gasteiger partial charge < -0.3 is 14.8 Å². The fraction of sp³-hybridized carbons (Fsp3) is 0.250. The van der Waals surface area contributed by atoms with Crippen molar-refractivity contribution in [2.45, 2.75) is 12.8 Å². The van der Waals surface area contributed by atoms with Crippen LogP contribution < -0.4 is 14.8 Å². The van der Waals surface area contributed by atoms with Gasteiger partial charge in [0, 0.05) is 19.5 Å². The standard InChI is InChI=1S/C20H18N2O5/c23-18(21-9-7-13-5-6-16-17(11-13)27-12-26-16)8-10-22-19(24)14-3-1-2-4-15(14)20(22)25/h1-6,11H,7-10,12H2,(H,21,23). The molecule has 138 valence electrons. The topological polar surface area (TPSA) is 84.9 Å². The second-order valence-corrected chi connectivity index (χ2v) is 6.35. The number of hydrogen-bond acceptors (Lipinski definition) is 5. The van der Waals surface area contributed by atoms with Crippen LogP contribution >= 0.6 is 0 Å². The first-order valence-corrected chi connectivity index (χ1v) is 8.74. The van der Waals surface area contributed by atoms with Crippen molar-refractivity contribution in [2.24, 2.45) is 0 Å². The van der Waals surface area contributed by atoms with E-state index in [1.807, 2.05) is 18.2 Å². The predicted molar refractivity (Wildman–Crippen MR) is 95.7 cm³/mol. The van der Waals surface area contributed by atoms with Crippen molar-refractivity contribution in [2.75, 3.05) is 19.9 Å². The van der Waals surface area contributed by atoms with Gasteiger partial charge in [0.05, 0.1) is 11.1 Å². The van der Waals surface area contributed by atoms with Crippen LogP contribution in [0.1, 0.15) is 32.7 Å². The van der Waals surface area contributed by atoms with Gasteiger partial charge in [-0.3, -0.25) is 19.3 Å². The van der Waals surface area contributed by atoms with Gasteiger partial charge in [-0.1, -0.05) is 18.2 Å². The lowest BCUT2D eigenvalue weighted by Crippen LogP contribution is -2.35. The summed E-state index contributed by atoms with van der Waals surface area (Å²) in [6.45, 7) is 0.760. The first-order chi connectivity index (χ1) is 13.1. The molecule has 27 heavy (non-hydrogen) atoms. The minimum Gasteiger partial charge on any atom is -0.454 e. The third-order valence-electron chi connectivity index (χ3n) is 4.61. The van der Waals surface area contributed by atoms with Gasteiger partial charge in [0.25, 0.3) is 11.8 Å². The third kappa shape index (κ3) is 3.36. The van der Waals surface area contributed by atoms with Crippen molar-refractivity contribution in [3.05, 3.63) is 59.2 Å². The Kier molecular flexibility index (Phi) is 4.50. The van der Waals surface area contributed by atoms with Gasteiger partial charge in [0.15, 0.2) is 11.5 Å². The normalized spacial score (nSPS) is 14.4. The predicted octanol–water partition coefficient (Wildman–Crippen LogP) is 1.76. The molecule has 7 heteroatoms. The maximum atomic E-state index is 12.3. The number of amides is 3. The van der Waals surface area contributed by atoms with Gasteiger partial charge >= 0.3 is 0 Å². The lowest BCUT2D eigenvalue weighted by atomic mass is 10.1. The van der Waals surface area contributed by atoms with Gasteiger partial charge in [-0.15, -0.1) is 0 Å². The second-order valence-electron chi connectivity index (χ2n) is 6.35. The van der Waals surface area contributed by atoms with E-state index < -0.39 is 0 Å². The van der Waals surface area contributed by atoms with Crippen LogP contribution in [0.25, 0.3) is 0 Å². The minimum absolute atomic E-state index is 0.0716. The van der Waals surface area contributed by atoms with Gasteiger partial charge in [0.1, 0.15) is 0 Å². The molecule has 0 saturated heterocycles. The Morgan fingerprint density at radius 2 is 1.70 bits per heavy atom. The molecule has 0 atom stereocenters. The highest BCUT2D eigenvalue weighted by Gasteiger charge is 2.34. The van der Waals surface area contributed by atoms with Crippen LogP contribution in [0.3, 0.4) is 0 Å². The van der Waals surface area contributed by atoms with Crippen molar-refractivity contribution in [3.8, 4) is 11.5 Å². The van der Waals surface area contributed by atoms with E-state index in [4.69, 9.17) is 9.47 Å². The molecule has 0 bridgehead atoms. The number of imide groups is 1. The van der Waals surface area contributed by atoms with Crippen molar-refractivity contribution < 1.29 is 23.9 Å². The largest absolute Gasteiger partial charge is 0.454 e. The van der Waals surface area contributed by atoms with E-state index in [-0.39, 0.29) is 37.5 Å². The van der Waals surface area contributed by atoms with E-state index in [0.717, 1.165) is 16.2 Å². The molecule has 2 heterocycles. The number of fused-ring (bicyclic) bond motifs is 2. The first-order valence-electron chi connectivity index (χ1n) is 8.74. The maximum Gasteiger partial charge on any atom is 0.261 e. The summed E-state index contributed by atoms with van der Waals surface area (Å²) in [5.74, 6) is 0.549. The zero-order chi connectivity index (χ0) is 18.8. The molecule has 0 aromatic heterocycles. The SMILES string of the molecule is O=C(CCN1C(=O)c2ccccc2C1=O)NCCc1ccc2c(c1)OCO2. The highest BCUT2D eigenvalue weighted by Crippen LogP contribution is 2.32. The number of carbonyl (C=O) groups excluding carboxylic acids is 3. The van der Waals surface area contributed by atoms with Crippen LogP contribution in [0.4, 0.5) is 0 Å². The summed E-state index contributed by atoms with van der Waals surface area (Å²) in [7, 11) is 0. The summed E-state index contributed by atoms with van der Waals surface area (Å²) in [5, 5.41) is 2.81. The van der Waals surface area contributed by atoms with E-state index in [1.54, 1.807) is 24.3 Å². The van der Waals surface area contributed by atoms with Gasteiger partial charge in [0.2, 0.25) is 12.7 Å². The number of hydrogen-bond donors (Lipinski definition) is 1. The summed E-state index contributed by atoms with van der Waals surface area (Å²) in [4.78, 5) is 37.7. The molecule has 2 aliphatic heterocycles. The average Bonchev–Trinajstić information content (AvgIpc) is 3.24. The van der Waals surface area contributed by atoms with Crippen LogP contribution in [0.5, 0.6) is 11.5 Å². The van der Waals surface area contributed by atoms with Gasteiger partial charge in [-0.25, -0.2) is 0 Å². The van der Waals surface area contributed by atoms with Crippen LogP contribution in [0, 0.1) is 0 Å². The molecule has 4 rings (SSSR count). The molecule has 0 spiro atoms. The molecule has 2 aromatic carbocycles. The zero-order valence-electron chi connectivity index (χ0n) is 14.6. The molecule has 2 aliphatic rings. The number of benzene rings is 2. The first kappa shape index (κ1) is 17.1. The van der Waals surface area contributed by atoms with Crippen molar-refractivity contribution in [1.29, 1.82) is 0 Å². The molecule has 1 N–H and O–H groups in total. The van der Waals surface area contributed by atoms with E-state index in [0.29, 0.717) is 29.8 Å². The van der Waals surface area contributed by atoms with E-state index in [1.165, 1.54) is 0 Å². The fourth-order valence-corrected chi connectivity index (χ4v) is 3.19. The third-order valence-corrected chi connectivity index (χ3v) is 4.61. The number of nitrogens with zero attached hydrogens (tertiary/aromatic N) is 1. The second kappa shape index (κ2) is 7.11. The van der Waals surface area contributed by atoms with Crippen molar-refractivity contribution in [1.82, 2.24) is 10.2 Å². The molecular formula is C20H18N2O5. The molecule has 0 aliphatic carbocycles. The number of carbonyl (C=O) groups is 3. The Morgan fingerprint density at radius 1 is 1.00 bits per heavy atom. The highest BCUT2D eigenvalue weighted by atomic mass is 16.7. The molecule has 0 radical (unpaired) electrons. The Hall–Kier alpha value is -3.35. The quantitative estimate of drug-likeness (QED) is 0.788. The summed E-state index contributed by atoms with van der Waals surface area (Å²) >= 11 is 0. The Labute approximate surface area is 155 Å². The van der Waals surface area contributed by atoms with E-state index in [2.05, 4.69) is 5.32 Å². The molecule has 7 nitrogen and oxygen atoms in total.